The zero-order valence-corrected chi connectivity index (χ0v) is 9.22. The van der Waals surface area contributed by atoms with Gasteiger partial charge in [0.05, 0.1) is 15.8 Å². The molecule has 3 rings (SSSR count). The SMILES string of the molecule is O=[N+]([O-])c1ccc2[nH]nc(N3CCCC3)c2c1. The fraction of sp³-hybridized carbons (Fsp3) is 0.364. The Balaban J connectivity index is 2.11. The van der Waals surface area contributed by atoms with Gasteiger partial charge in [-0.3, -0.25) is 15.2 Å². The van der Waals surface area contributed by atoms with Crippen molar-refractivity contribution >= 4 is 22.4 Å². The number of nitro benzene ring substituents is 1. The molecule has 1 saturated heterocycles. The van der Waals surface area contributed by atoms with Gasteiger partial charge in [-0.2, -0.15) is 5.10 Å². The number of aromatic amines is 1. The number of H-pyrrole nitrogens is 1. The van der Waals surface area contributed by atoms with Gasteiger partial charge < -0.3 is 4.90 Å². The van der Waals surface area contributed by atoms with Crippen molar-refractivity contribution < 1.29 is 4.92 Å². The second kappa shape index (κ2) is 3.73. The molecule has 2 aromatic rings. The lowest BCUT2D eigenvalue weighted by Gasteiger charge is -2.13. The van der Waals surface area contributed by atoms with E-state index in [1.807, 2.05) is 0 Å². The molecule has 17 heavy (non-hydrogen) atoms. The van der Waals surface area contributed by atoms with E-state index in [0.29, 0.717) is 0 Å². The molecule has 0 aliphatic carbocycles. The molecule has 0 bridgehead atoms. The van der Waals surface area contributed by atoms with Crippen LogP contribution in [0, 0.1) is 10.1 Å². The number of hydrogen-bond acceptors (Lipinski definition) is 4. The Morgan fingerprint density at radius 2 is 2.12 bits per heavy atom. The van der Waals surface area contributed by atoms with Gasteiger partial charge in [-0.1, -0.05) is 0 Å². The van der Waals surface area contributed by atoms with E-state index in [1.54, 1.807) is 12.1 Å². The normalized spacial score (nSPS) is 15.6. The Kier molecular flexibility index (Phi) is 2.21. The van der Waals surface area contributed by atoms with Crippen molar-refractivity contribution in [3.63, 3.8) is 0 Å². The molecule has 1 fully saturated rings. The van der Waals surface area contributed by atoms with Gasteiger partial charge >= 0.3 is 0 Å². The molecule has 1 aliphatic heterocycles. The highest BCUT2D eigenvalue weighted by Gasteiger charge is 2.19. The lowest BCUT2D eigenvalue weighted by atomic mass is 10.2. The predicted molar refractivity (Wildman–Crippen MR) is 64.2 cm³/mol. The van der Waals surface area contributed by atoms with E-state index in [-0.39, 0.29) is 10.6 Å². The Bertz CT molecular complexity index is 572. The standard InChI is InChI=1S/C11H12N4O2/c16-15(17)8-3-4-10-9(7-8)11(13-12-10)14-5-1-2-6-14/h3-4,7H,1-2,5-6H2,(H,12,13). The Labute approximate surface area is 97.4 Å². The van der Waals surface area contributed by atoms with Gasteiger partial charge in [-0.05, 0) is 18.9 Å². The second-order valence-electron chi connectivity index (χ2n) is 4.23. The van der Waals surface area contributed by atoms with Crippen molar-refractivity contribution in [2.45, 2.75) is 12.8 Å². The number of nitrogens with one attached hydrogen (secondary N) is 1. The Hall–Kier alpha value is -2.11. The summed E-state index contributed by atoms with van der Waals surface area (Å²) in [5.41, 5.74) is 0.955. The Morgan fingerprint density at radius 3 is 2.82 bits per heavy atom. The number of nitro groups is 1. The molecule has 0 atom stereocenters. The van der Waals surface area contributed by atoms with E-state index in [9.17, 15) is 10.1 Å². The number of hydrogen-bond donors (Lipinski definition) is 1. The van der Waals surface area contributed by atoms with Gasteiger partial charge in [-0.25, -0.2) is 0 Å². The van der Waals surface area contributed by atoms with Crippen LogP contribution in [-0.4, -0.2) is 28.2 Å². The fourth-order valence-electron chi connectivity index (χ4n) is 2.27. The lowest BCUT2D eigenvalue weighted by Crippen LogP contribution is -2.18. The molecule has 0 spiro atoms. The van der Waals surface area contributed by atoms with Crippen LogP contribution in [0.5, 0.6) is 0 Å². The van der Waals surface area contributed by atoms with E-state index < -0.39 is 0 Å². The molecule has 1 aromatic heterocycles. The minimum absolute atomic E-state index is 0.111. The summed E-state index contributed by atoms with van der Waals surface area (Å²) in [6.07, 6.45) is 2.31. The predicted octanol–water partition coefficient (Wildman–Crippen LogP) is 2.07. The summed E-state index contributed by atoms with van der Waals surface area (Å²) >= 11 is 0. The van der Waals surface area contributed by atoms with E-state index in [1.165, 1.54) is 6.07 Å². The minimum atomic E-state index is -0.375. The molecule has 1 aliphatic rings. The molecule has 0 amide bonds. The monoisotopic (exact) mass is 232 g/mol. The van der Waals surface area contributed by atoms with Gasteiger partial charge in [0, 0.05) is 25.2 Å². The smallest absolute Gasteiger partial charge is 0.270 e. The number of aromatic nitrogens is 2. The maximum atomic E-state index is 10.8. The van der Waals surface area contributed by atoms with Crippen LogP contribution in [-0.2, 0) is 0 Å². The molecule has 2 heterocycles. The molecular formula is C11H12N4O2. The molecule has 1 aromatic carbocycles. The first-order chi connectivity index (χ1) is 8.25. The summed E-state index contributed by atoms with van der Waals surface area (Å²) in [6, 6.07) is 4.79. The van der Waals surface area contributed by atoms with E-state index in [2.05, 4.69) is 15.1 Å². The summed E-state index contributed by atoms with van der Waals surface area (Å²) in [5.74, 6) is 0.834. The van der Waals surface area contributed by atoms with Crippen LogP contribution in [0.1, 0.15) is 12.8 Å². The molecule has 0 radical (unpaired) electrons. The molecule has 6 heteroatoms. The highest BCUT2D eigenvalue weighted by atomic mass is 16.6. The van der Waals surface area contributed by atoms with Crippen molar-refractivity contribution in [1.29, 1.82) is 0 Å². The minimum Gasteiger partial charge on any atom is -0.355 e. The number of non-ortho nitro benzene ring substituents is 1. The first kappa shape index (κ1) is 10.1. The highest BCUT2D eigenvalue weighted by molar-refractivity contribution is 5.91. The third kappa shape index (κ3) is 1.61. The third-order valence-electron chi connectivity index (χ3n) is 3.14. The van der Waals surface area contributed by atoms with Crippen LogP contribution >= 0.6 is 0 Å². The number of fused-ring (bicyclic) bond motifs is 1. The molecule has 1 N–H and O–H groups in total. The highest BCUT2D eigenvalue weighted by Crippen LogP contribution is 2.29. The van der Waals surface area contributed by atoms with Gasteiger partial charge in [0.2, 0.25) is 0 Å². The van der Waals surface area contributed by atoms with Crippen LogP contribution in [0.2, 0.25) is 0 Å². The maximum Gasteiger partial charge on any atom is 0.270 e. The zero-order valence-electron chi connectivity index (χ0n) is 9.22. The summed E-state index contributed by atoms with van der Waals surface area (Å²) in [4.78, 5) is 12.6. The van der Waals surface area contributed by atoms with E-state index in [0.717, 1.165) is 42.7 Å². The summed E-state index contributed by atoms with van der Waals surface area (Å²) in [6.45, 7) is 1.95. The first-order valence-electron chi connectivity index (χ1n) is 5.63. The van der Waals surface area contributed by atoms with Gasteiger partial charge in [-0.15, -0.1) is 0 Å². The maximum absolute atomic E-state index is 10.8. The molecule has 88 valence electrons. The first-order valence-corrected chi connectivity index (χ1v) is 5.63. The zero-order chi connectivity index (χ0) is 11.8. The molecule has 0 saturated carbocycles. The average molecular weight is 232 g/mol. The van der Waals surface area contributed by atoms with Crippen LogP contribution in [0.25, 0.3) is 10.9 Å². The third-order valence-corrected chi connectivity index (χ3v) is 3.14. The van der Waals surface area contributed by atoms with E-state index in [4.69, 9.17) is 0 Å². The second-order valence-corrected chi connectivity index (χ2v) is 4.23. The fourth-order valence-corrected chi connectivity index (χ4v) is 2.27. The lowest BCUT2D eigenvalue weighted by molar-refractivity contribution is -0.384. The molecular weight excluding hydrogens is 220 g/mol. The number of anilines is 1. The van der Waals surface area contributed by atoms with Crippen molar-refractivity contribution in [3.8, 4) is 0 Å². The molecule has 0 unspecified atom stereocenters. The Morgan fingerprint density at radius 1 is 1.35 bits per heavy atom. The number of benzene rings is 1. The van der Waals surface area contributed by atoms with Crippen molar-refractivity contribution in [1.82, 2.24) is 10.2 Å². The summed E-state index contributed by atoms with van der Waals surface area (Å²) < 4.78 is 0. The van der Waals surface area contributed by atoms with Crippen LogP contribution < -0.4 is 4.90 Å². The molecule has 6 nitrogen and oxygen atoms in total. The number of rotatable bonds is 2. The van der Waals surface area contributed by atoms with Gasteiger partial charge in [0.25, 0.3) is 5.69 Å². The van der Waals surface area contributed by atoms with Crippen molar-refractivity contribution in [3.05, 3.63) is 28.3 Å². The van der Waals surface area contributed by atoms with Crippen LogP contribution in [0.15, 0.2) is 18.2 Å². The topological polar surface area (TPSA) is 75.1 Å². The van der Waals surface area contributed by atoms with Crippen LogP contribution in [0.3, 0.4) is 0 Å². The van der Waals surface area contributed by atoms with Gasteiger partial charge in [0.1, 0.15) is 0 Å². The number of nitrogens with zero attached hydrogens (tertiary/aromatic N) is 3. The van der Waals surface area contributed by atoms with Crippen molar-refractivity contribution in [2.24, 2.45) is 0 Å². The largest absolute Gasteiger partial charge is 0.355 e. The van der Waals surface area contributed by atoms with Crippen LogP contribution in [0.4, 0.5) is 11.5 Å². The summed E-state index contributed by atoms with van der Waals surface area (Å²) in [7, 11) is 0. The average Bonchev–Trinajstić information content (AvgIpc) is 2.96. The van der Waals surface area contributed by atoms with Gasteiger partial charge in [0.15, 0.2) is 5.82 Å². The summed E-state index contributed by atoms with van der Waals surface area (Å²) in [5, 5.41) is 18.8. The quantitative estimate of drug-likeness (QED) is 0.635. The van der Waals surface area contributed by atoms with Crippen molar-refractivity contribution in [2.75, 3.05) is 18.0 Å². The van der Waals surface area contributed by atoms with E-state index >= 15 is 0 Å².